The molecule has 0 aliphatic heterocycles. The summed E-state index contributed by atoms with van der Waals surface area (Å²) in [6.07, 6.45) is 8.97. The van der Waals surface area contributed by atoms with Crippen molar-refractivity contribution in [3.8, 4) is 0 Å². The van der Waals surface area contributed by atoms with Crippen molar-refractivity contribution in [3.63, 3.8) is 0 Å². The highest BCUT2D eigenvalue weighted by Crippen LogP contribution is 2.39. The largest absolute Gasteiger partial charge is 0.399 e. The Kier molecular flexibility index (Phi) is 4.89. The number of nitrogens with two attached hydrogens (primary N) is 1. The first kappa shape index (κ1) is 16.6. The maximum absolute atomic E-state index is 5.84. The van der Waals surface area contributed by atoms with Crippen molar-refractivity contribution in [1.82, 2.24) is 0 Å². The Bertz CT molecular complexity index is 739. The molecule has 2 aromatic carbocycles. The first-order valence-corrected chi connectivity index (χ1v) is 8.87. The van der Waals surface area contributed by atoms with Crippen molar-refractivity contribution in [2.45, 2.75) is 38.5 Å². The zero-order valence-corrected chi connectivity index (χ0v) is 14.8. The summed E-state index contributed by atoms with van der Waals surface area (Å²) >= 11 is 0. The van der Waals surface area contributed by atoms with Crippen LogP contribution in [-0.2, 0) is 0 Å². The lowest BCUT2D eigenvalue weighted by Gasteiger charge is -2.28. The fraction of sp³-hybridized carbons (Fsp3) is 0.304. The van der Waals surface area contributed by atoms with Crippen LogP contribution in [0.25, 0.3) is 0 Å². The molecule has 24 heavy (non-hydrogen) atoms. The van der Waals surface area contributed by atoms with E-state index in [1.54, 1.807) is 0 Å². The first-order chi connectivity index (χ1) is 11.6. The Balaban J connectivity index is 1.92. The van der Waals surface area contributed by atoms with Crippen molar-refractivity contribution in [3.05, 3.63) is 89.5 Å². The number of nitrogen functional groups attached to an aromatic ring is 1. The van der Waals surface area contributed by atoms with Crippen molar-refractivity contribution < 1.29 is 0 Å². The lowest BCUT2D eigenvalue weighted by Crippen LogP contribution is -2.13. The number of hydrogen-bond acceptors (Lipinski definition) is 1. The molecule has 0 saturated carbocycles. The van der Waals surface area contributed by atoms with Crippen LogP contribution in [0.1, 0.15) is 55.2 Å². The molecular weight excluding hydrogens is 290 g/mol. The fourth-order valence-electron chi connectivity index (χ4n) is 3.69. The van der Waals surface area contributed by atoms with E-state index in [1.165, 1.54) is 16.7 Å². The molecule has 3 rings (SSSR count). The second-order valence-corrected chi connectivity index (χ2v) is 7.03. The van der Waals surface area contributed by atoms with Gasteiger partial charge in [0, 0.05) is 11.6 Å². The van der Waals surface area contributed by atoms with Gasteiger partial charge in [-0.1, -0.05) is 81.5 Å². The maximum atomic E-state index is 5.84. The fourth-order valence-corrected chi connectivity index (χ4v) is 3.69. The van der Waals surface area contributed by atoms with Crippen molar-refractivity contribution >= 4 is 5.69 Å². The molecule has 1 heteroatoms. The Labute approximate surface area is 145 Å². The van der Waals surface area contributed by atoms with E-state index in [9.17, 15) is 0 Å². The smallest absolute Gasteiger partial charge is 0.0314 e. The molecule has 4 atom stereocenters. The number of hydrogen-bond donors (Lipinski definition) is 1. The minimum absolute atomic E-state index is 0.449. The molecule has 0 saturated heterocycles. The van der Waals surface area contributed by atoms with Gasteiger partial charge in [-0.2, -0.15) is 0 Å². The molecule has 0 radical (unpaired) electrons. The van der Waals surface area contributed by atoms with Crippen LogP contribution < -0.4 is 5.73 Å². The standard InChI is InChI=1S/C23H27N/c1-16-8-4-5-9-21(16)23-11-7-6-10-22(23)18(3)17(2)19-12-14-20(24)15-13-19/h4-18,21H,24H2,1-3H3. The predicted molar refractivity (Wildman–Crippen MR) is 104 cm³/mol. The van der Waals surface area contributed by atoms with Gasteiger partial charge in [-0.15, -0.1) is 0 Å². The van der Waals surface area contributed by atoms with E-state index >= 15 is 0 Å². The minimum Gasteiger partial charge on any atom is -0.399 e. The maximum Gasteiger partial charge on any atom is 0.0314 e. The van der Waals surface area contributed by atoms with Crippen molar-refractivity contribution in [2.24, 2.45) is 5.92 Å². The van der Waals surface area contributed by atoms with E-state index in [-0.39, 0.29) is 0 Å². The highest BCUT2D eigenvalue weighted by Gasteiger charge is 2.24. The first-order valence-electron chi connectivity index (χ1n) is 8.87. The van der Waals surface area contributed by atoms with Gasteiger partial charge >= 0.3 is 0 Å². The Morgan fingerprint density at radius 3 is 2.21 bits per heavy atom. The van der Waals surface area contributed by atoms with Gasteiger partial charge < -0.3 is 5.73 Å². The highest BCUT2D eigenvalue weighted by atomic mass is 14.5. The third-order valence-corrected chi connectivity index (χ3v) is 5.47. The summed E-state index contributed by atoms with van der Waals surface area (Å²) in [5, 5.41) is 0. The highest BCUT2D eigenvalue weighted by molar-refractivity contribution is 5.43. The third kappa shape index (κ3) is 3.31. The summed E-state index contributed by atoms with van der Waals surface area (Å²) in [6, 6.07) is 17.2. The SMILES string of the molecule is CC1C=CC=CC1c1ccccc1C(C)C(C)c1ccc(N)cc1. The lowest BCUT2D eigenvalue weighted by molar-refractivity contribution is 0.587. The van der Waals surface area contributed by atoms with E-state index in [0.29, 0.717) is 23.7 Å². The lowest BCUT2D eigenvalue weighted by atomic mass is 9.76. The molecule has 0 bridgehead atoms. The third-order valence-electron chi connectivity index (χ3n) is 5.47. The second-order valence-electron chi connectivity index (χ2n) is 7.03. The van der Waals surface area contributed by atoms with Crippen LogP contribution >= 0.6 is 0 Å². The number of benzene rings is 2. The molecule has 2 aromatic rings. The zero-order chi connectivity index (χ0) is 17.1. The van der Waals surface area contributed by atoms with E-state index in [0.717, 1.165) is 5.69 Å². The number of allylic oxidation sites excluding steroid dienone is 4. The quantitative estimate of drug-likeness (QED) is 0.685. The molecule has 0 aromatic heterocycles. The van der Waals surface area contributed by atoms with Gasteiger partial charge in [-0.05, 0) is 46.6 Å². The van der Waals surface area contributed by atoms with Crippen molar-refractivity contribution in [1.29, 1.82) is 0 Å². The molecule has 1 aliphatic carbocycles. The van der Waals surface area contributed by atoms with Gasteiger partial charge in [-0.25, -0.2) is 0 Å². The summed E-state index contributed by atoms with van der Waals surface area (Å²) in [7, 11) is 0. The Morgan fingerprint density at radius 1 is 0.833 bits per heavy atom. The van der Waals surface area contributed by atoms with Crippen LogP contribution in [0.3, 0.4) is 0 Å². The second kappa shape index (κ2) is 7.09. The summed E-state index contributed by atoms with van der Waals surface area (Å²) in [5.41, 5.74) is 10.9. The van der Waals surface area contributed by atoms with Gasteiger partial charge in [0.05, 0.1) is 0 Å². The molecule has 4 unspecified atom stereocenters. The van der Waals surface area contributed by atoms with E-state index < -0.39 is 0 Å². The van der Waals surface area contributed by atoms with E-state index in [1.807, 2.05) is 12.1 Å². The van der Waals surface area contributed by atoms with Gasteiger partial charge in [-0.3, -0.25) is 0 Å². The molecule has 0 fully saturated rings. The number of anilines is 1. The van der Waals surface area contributed by atoms with Gasteiger partial charge in [0.1, 0.15) is 0 Å². The predicted octanol–water partition coefficient (Wildman–Crippen LogP) is 6.02. The van der Waals surface area contributed by atoms with Crippen LogP contribution in [0.5, 0.6) is 0 Å². The van der Waals surface area contributed by atoms with Crippen LogP contribution in [0.15, 0.2) is 72.8 Å². The monoisotopic (exact) mass is 317 g/mol. The van der Waals surface area contributed by atoms with Gasteiger partial charge in [0.25, 0.3) is 0 Å². The van der Waals surface area contributed by atoms with Crippen LogP contribution in [0, 0.1) is 5.92 Å². The Morgan fingerprint density at radius 2 is 1.50 bits per heavy atom. The molecular formula is C23H27N. The van der Waals surface area contributed by atoms with Gasteiger partial charge in [0.2, 0.25) is 0 Å². The molecule has 0 spiro atoms. The van der Waals surface area contributed by atoms with E-state index in [2.05, 4.69) is 81.5 Å². The molecule has 1 nitrogen and oxygen atoms in total. The van der Waals surface area contributed by atoms with Gasteiger partial charge in [0.15, 0.2) is 0 Å². The van der Waals surface area contributed by atoms with Crippen LogP contribution in [0.4, 0.5) is 5.69 Å². The normalized spacial score (nSPS) is 22.3. The molecule has 124 valence electrons. The topological polar surface area (TPSA) is 26.0 Å². The molecule has 2 N–H and O–H groups in total. The summed E-state index contributed by atoms with van der Waals surface area (Å²) < 4.78 is 0. The average molecular weight is 317 g/mol. The summed E-state index contributed by atoms with van der Waals surface area (Å²) in [5.74, 6) is 1.91. The molecule has 0 amide bonds. The Hall–Kier alpha value is -2.28. The average Bonchev–Trinajstić information content (AvgIpc) is 2.62. The molecule has 0 heterocycles. The van der Waals surface area contributed by atoms with Crippen LogP contribution in [-0.4, -0.2) is 0 Å². The minimum atomic E-state index is 0.449. The number of rotatable bonds is 4. The molecule has 1 aliphatic rings. The summed E-state index contributed by atoms with van der Waals surface area (Å²) in [6.45, 7) is 6.95. The van der Waals surface area contributed by atoms with Crippen molar-refractivity contribution in [2.75, 3.05) is 5.73 Å². The van der Waals surface area contributed by atoms with E-state index in [4.69, 9.17) is 5.73 Å². The zero-order valence-electron chi connectivity index (χ0n) is 14.8. The summed E-state index contributed by atoms with van der Waals surface area (Å²) in [4.78, 5) is 0. The van der Waals surface area contributed by atoms with Crippen LogP contribution in [0.2, 0.25) is 0 Å².